The first-order valence-corrected chi connectivity index (χ1v) is 6.66. The molecule has 2 aromatic rings. The number of fused-ring (bicyclic) bond motifs is 1. The van der Waals surface area contributed by atoms with E-state index in [0.29, 0.717) is 0 Å². The summed E-state index contributed by atoms with van der Waals surface area (Å²) in [5.74, 6) is -0.363. The molecule has 0 spiro atoms. The van der Waals surface area contributed by atoms with E-state index in [2.05, 4.69) is 16.4 Å². The molecule has 5 heteroatoms. The molecule has 4 nitrogen and oxygen atoms in total. The number of nitrogens with zero attached hydrogens (tertiary/aromatic N) is 2. The number of nitriles is 1. The summed E-state index contributed by atoms with van der Waals surface area (Å²) < 4.78 is 0. The predicted molar refractivity (Wildman–Crippen MR) is 78.5 cm³/mol. The second kappa shape index (κ2) is 5.89. The maximum absolute atomic E-state index is 12.1. The Kier molecular flexibility index (Phi) is 4.21. The number of rotatable bonds is 3. The van der Waals surface area contributed by atoms with Gasteiger partial charge in [0.05, 0.1) is 6.07 Å². The fourth-order valence-corrected chi connectivity index (χ4v) is 2.10. The van der Waals surface area contributed by atoms with Gasteiger partial charge in [-0.2, -0.15) is 5.26 Å². The maximum atomic E-state index is 12.1. The summed E-state index contributed by atoms with van der Waals surface area (Å²) in [6.45, 7) is 3.74. The predicted octanol–water partition coefficient (Wildman–Crippen LogP) is 3.17. The van der Waals surface area contributed by atoms with Gasteiger partial charge < -0.3 is 5.32 Å². The molecule has 1 atom stereocenters. The highest BCUT2D eigenvalue weighted by Gasteiger charge is 2.18. The molecule has 1 amide bonds. The molecule has 0 fully saturated rings. The summed E-state index contributed by atoms with van der Waals surface area (Å²) >= 11 is 6.08. The summed E-state index contributed by atoms with van der Waals surface area (Å²) in [6.07, 6.45) is 0. The first kappa shape index (κ1) is 14.3. The van der Waals surface area contributed by atoms with E-state index in [1.807, 2.05) is 38.1 Å². The Morgan fingerprint density at radius 2 is 2.10 bits per heavy atom. The van der Waals surface area contributed by atoms with Crippen LogP contribution in [0.4, 0.5) is 0 Å². The number of hydrogen-bond donors (Lipinski definition) is 1. The smallest absolute Gasteiger partial charge is 0.271 e. The Bertz CT molecular complexity index is 691. The van der Waals surface area contributed by atoms with Crippen molar-refractivity contribution in [1.82, 2.24) is 10.3 Å². The Balaban J connectivity index is 2.34. The van der Waals surface area contributed by atoms with Gasteiger partial charge in [0.1, 0.15) is 16.9 Å². The van der Waals surface area contributed by atoms with Crippen LogP contribution in [0.5, 0.6) is 0 Å². The van der Waals surface area contributed by atoms with Crippen molar-refractivity contribution in [2.75, 3.05) is 0 Å². The largest absolute Gasteiger partial charge is 0.335 e. The van der Waals surface area contributed by atoms with Gasteiger partial charge in [-0.25, -0.2) is 4.98 Å². The van der Waals surface area contributed by atoms with E-state index in [1.165, 1.54) is 0 Å². The molecule has 0 bridgehead atoms. The minimum atomic E-state index is -0.547. The van der Waals surface area contributed by atoms with Crippen molar-refractivity contribution in [1.29, 1.82) is 5.26 Å². The SMILES string of the molecule is CC(C)C(C#N)NC(=O)c1cc2ccccc2c(Cl)n1. The van der Waals surface area contributed by atoms with Crippen molar-refractivity contribution >= 4 is 28.3 Å². The lowest BCUT2D eigenvalue weighted by Gasteiger charge is -2.14. The lowest BCUT2D eigenvalue weighted by atomic mass is 10.1. The minimum absolute atomic E-state index is 0.0277. The van der Waals surface area contributed by atoms with Crippen molar-refractivity contribution in [3.05, 3.63) is 41.2 Å². The summed E-state index contributed by atoms with van der Waals surface area (Å²) in [4.78, 5) is 16.2. The Morgan fingerprint density at radius 3 is 2.75 bits per heavy atom. The van der Waals surface area contributed by atoms with Crippen molar-refractivity contribution in [3.8, 4) is 6.07 Å². The fourth-order valence-electron chi connectivity index (χ4n) is 1.84. The van der Waals surface area contributed by atoms with Crippen LogP contribution in [0.3, 0.4) is 0 Å². The average Bonchev–Trinajstić information content (AvgIpc) is 2.44. The van der Waals surface area contributed by atoms with E-state index >= 15 is 0 Å². The van der Waals surface area contributed by atoms with Gasteiger partial charge in [0, 0.05) is 5.39 Å². The van der Waals surface area contributed by atoms with E-state index < -0.39 is 11.9 Å². The monoisotopic (exact) mass is 287 g/mol. The molecular formula is C15H14ClN3O. The molecule has 1 aromatic carbocycles. The number of carbonyl (C=O) groups is 1. The second-order valence-corrected chi connectivity index (χ2v) is 5.20. The third-order valence-corrected chi connectivity index (χ3v) is 3.31. The van der Waals surface area contributed by atoms with Crippen LogP contribution in [0.25, 0.3) is 10.8 Å². The van der Waals surface area contributed by atoms with Gasteiger partial charge in [-0.15, -0.1) is 0 Å². The van der Waals surface area contributed by atoms with Crippen LogP contribution >= 0.6 is 11.6 Å². The molecule has 1 unspecified atom stereocenters. The molecule has 1 N–H and O–H groups in total. The van der Waals surface area contributed by atoms with Gasteiger partial charge in [0.2, 0.25) is 0 Å². The molecular weight excluding hydrogens is 274 g/mol. The van der Waals surface area contributed by atoms with Crippen molar-refractivity contribution in [2.24, 2.45) is 5.92 Å². The third-order valence-electron chi connectivity index (χ3n) is 3.02. The van der Waals surface area contributed by atoms with Crippen molar-refractivity contribution < 1.29 is 4.79 Å². The molecule has 0 aliphatic heterocycles. The lowest BCUT2D eigenvalue weighted by molar-refractivity contribution is 0.0933. The lowest BCUT2D eigenvalue weighted by Crippen LogP contribution is -2.37. The maximum Gasteiger partial charge on any atom is 0.271 e. The number of benzene rings is 1. The summed E-state index contributed by atoms with van der Waals surface area (Å²) in [5.41, 5.74) is 0.217. The van der Waals surface area contributed by atoms with Crippen molar-refractivity contribution in [2.45, 2.75) is 19.9 Å². The molecule has 1 heterocycles. The summed E-state index contributed by atoms with van der Waals surface area (Å²) in [5, 5.41) is 13.6. The summed E-state index contributed by atoms with van der Waals surface area (Å²) in [6, 6.07) is 10.6. The topological polar surface area (TPSA) is 65.8 Å². The van der Waals surface area contributed by atoms with Crippen LogP contribution in [0.1, 0.15) is 24.3 Å². The molecule has 102 valence electrons. The van der Waals surface area contributed by atoms with Crippen LogP contribution in [0, 0.1) is 17.2 Å². The molecule has 2 rings (SSSR count). The normalized spacial score (nSPS) is 12.2. The zero-order chi connectivity index (χ0) is 14.7. The van der Waals surface area contributed by atoms with E-state index in [1.54, 1.807) is 6.07 Å². The Labute approximate surface area is 122 Å². The minimum Gasteiger partial charge on any atom is -0.335 e. The number of nitrogens with one attached hydrogen (secondary N) is 1. The summed E-state index contributed by atoms with van der Waals surface area (Å²) in [7, 11) is 0. The number of carbonyl (C=O) groups excluding carboxylic acids is 1. The zero-order valence-electron chi connectivity index (χ0n) is 11.2. The van der Waals surface area contributed by atoms with Crippen LogP contribution in [0.2, 0.25) is 5.15 Å². The van der Waals surface area contributed by atoms with Gasteiger partial charge in [-0.05, 0) is 17.4 Å². The van der Waals surface area contributed by atoms with Gasteiger partial charge in [0.15, 0.2) is 0 Å². The molecule has 0 aliphatic rings. The van der Waals surface area contributed by atoms with Crippen molar-refractivity contribution in [3.63, 3.8) is 0 Å². The first-order chi connectivity index (χ1) is 9.52. The van der Waals surface area contributed by atoms with E-state index in [9.17, 15) is 4.79 Å². The van der Waals surface area contributed by atoms with Crippen LogP contribution in [-0.2, 0) is 0 Å². The molecule has 0 radical (unpaired) electrons. The van der Waals surface area contributed by atoms with Gasteiger partial charge in [0.25, 0.3) is 5.91 Å². The highest BCUT2D eigenvalue weighted by Crippen LogP contribution is 2.22. The third kappa shape index (κ3) is 2.89. The molecule has 0 saturated carbocycles. The van der Waals surface area contributed by atoms with E-state index in [-0.39, 0.29) is 16.8 Å². The Morgan fingerprint density at radius 1 is 1.40 bits per heavy atom. The average molecular weight is 288 g/mol. The number of halogens is 1. The number of hydrogen-bond acceptors (Lipinski definition) is 3. The molecule has 0 aliphatic carbocycles. The second-order valence-electron chi connectivity index (χ2n) is 4.84. The molecule has 0 saturated heterocycles. The van der Waals surface area contributed by atoms with Crippen LogP contribution in [0.15, 0.2) is 30.3 Å². The van der Waals surface area contributed by atoms with Gasteiger partial charge in [-0.1, -0.05) is 49.7 Å². The highest BCUT2D eigenvalue weighted by atomic mass is 35.5. The number of pyridine rings is 1. The number of amides is 1. The van der Waals surface area contributed by atoms with E-state index in [4.69, 9.17) is 16.9 Å². The van der Waals surface area contributed by atoms with Gasteiger partial charge in [-0.3, -0.25) is 4.79 Å². The van der Waals surface area contributed by atoms with Gasteiger partial charge >= 0.3 is 0 Å². The van der Waals surface area contributed by atoms with Crippen LogP contribution < -0.4 is 5.32 Å². The zero-order valence-corrected chi connectivity index (χ0v) is 12.0. The molecule has 1 aromatic heterocycles. The quantitative estimate of drug-likeness (QED) is 0.882. The van der Waals surface area contributed by atoms with E-state index in [0.717, 1.165) is 10.8 Å². The molecule has 20 heavy (non-hydrogen) atoms. The highest BCUT2D eigenvalue weighted by molar-refractivity contribution is 6.34. The Hall–Kier alpha value is -2.12. The first-order valence-electron chi connectivity index (χ1n) is 6.28. The standard InChI is InChI=1S/C15H14ClN3O/c1-9(2)13(8-17)19-15(20)12-7-10-5-3-4-6-11(10)14(16)18-12/h3-7,9,13H,1-2H3,(H,19,20). The van der Waals surface area contributed by atoms with Crippen LogP contribution in [-0.4, -0.2) is 16.9 Å². The fraction of sp³-hybridized carbons (Fsp3) is 0.267. The number of aromatic nitrogens is 1.